The fourth-order valence-electron chi connectivity index (χ4n) is 3.46. The van der Waals surface area contributed by atoms with Gasteiger partial charge in [-0.1, -0.05) is 29.8 Å². The van der Waals surface area contributed by atoms with Crippen LogP contribution in [0.25, 0.3) is 0 Å². The SMILES string of the molecule is Cc1cc(C)c(NC(=O)CCN2CCN(c3ccccc3F)CC2)c(Cl)c1. The number of hydrogen-bond acceptors (Lipinski definition) is 3. The van der Waals surface area contributed by atoms with Crippen molar-refractivity contribution in [3.8, 4) is 0 Å². The van der Waals surface area contributed by atoms with Crippen LogP contribution in [-0.2, 0) is 4.79 Å². The van der Waals surface area contributed by atoms with Gasteiger partial charge in [0.25, 0.3) is 0 Å². The Morgan fingerprint density at radius 2 is 1.85 bits per heavy atom. The zero-order valence-electron chi connectivity index (χ0n) is 15.8. The Hall–Kier alpha value is -2.11. The third-order valence-corrected chi connectivity index (χ3v) is 5.21. The van der Waals surface area contributed by atoms with Crippen LogP contribution in [0.5, 0.6) is 0 Å². The molecule has 1 aliphatic heterocycles. The largest absolute Gasteiger partial charge is 0.367 e. The molecule has 3 rings (SSSR count). The molecule has 0 bridgehead atoms. The average molecular weight is 390 g/mol. The van der Waals surface area contributed by atoms with Crippen LogP contribution in [0.1, 0.15) is 17.5 Å². The molecule has 0 saturated carbocycles. The van der Waals surface area contributed by atoms with E-state index >= 15 is 0 Å². The van der Waals surface area contributed by atoms with E-state index in [0.717, 1.165) is 37.3 Å². The molecular weight excluding hydrogens is 365 g/mol. The molecule has 0 spiro atoms. The molecule has 0 aromatic heterocycles. The Labute approximate surface area is 164 Å². The summed E-state index contributed by atoms with van der Waals surface area (Å²) in [6.07, 6.45) is 0.406. The maximum atomic E-state index is 13.9. The Morgan fingerprint density at radius 1 is 1.15 bits per heavy atom. The number of halogens is 2. The van der Waals surface area contributed by atoms with Gasteiger partial charge in [0.1, 0.15) is 5.82 Å². The van der Waals surface area contributed by atoms with Crippen molar-refractivity contribution in [2.75, 3.05) is 42.9 Å². The Morgan fingerprint density at radius 3 is 2.52 bits per heavy atom. The predicted octanol–water partition coefficient (Wildman–Crippen LogP) is 4.25. The molecule has 0 unspecified atom stereocenters. The average Bonchev–Trinajstić information content (AvgIpc) is 2.64. The van der Waals surface area contributed by atoms with Gasteiger partial charge in [-0.2, -0.15) is 0 Å². The van der Waals surface area contributed by atoms with Gasteiger partial charge in [-0.05, 0) is 43.2 Å². The fourth-order valence-corrected chi connectivity index (χ4v) is 3.82. The van der Waals surface area contributed by atoms with E-state index in [4.69, 9.17) is 11.6 Å². The van der Waals surface area contributed by atoms with Crippen molar-refractivity contribution in [2.45, 2.75) is 20.3 Å². The number of anilines is 2. The van der Waals surface area contributed by atoms with Crippen molar-refractivity contribution in [3.05, 3.63) is 58.4 Å². The maximum absolute atomic E-state index is 13.9. The lowest BCUT2D eigenvalue weighted by Gasteiger charge is -2.36. The number of hydrogen-bond donors (Lipinski definition) is 1. The molecule has 1 amide bonds. The number of nitrogens with zero attached hydrogens (tertiary/aromatic N) is 2. The van der Waals surface area contributed by atoms with Crippen LogP contribution in [0.2, 0.25) is 5.02 Å². The fraction of sp³-hybridized carbons (Fsp3) is 0.381. The number of carbonyl (C=O) groups excluding carboxylic acids is 1. The highest BCUT2D eigenvalue weighted by atomic mass is 35.5. The molecular formula is C21H25ClFN3O. The van der Waals surface area contributed by atoms with Crippen LogP contribution in [-0.4, -0.2) is 43.5 Å². The Balaban J connectivity index is 1.48. The lowest BCUT2D eigenvalue weighted by atomic mass is 10.1. The summed E-state index contributed by atoms with van der Waals surface area (Å²) in [6, 6.07) is 10.7. The lowest BCUT2D eigenvalue weighted by Crippen LogP contribution is -2.47. The number of carbonyl (C=O) groups is 1. The summed E-state index contributed by atoms with van der Waals surface area (Å²) >= 11 is 6.25. The Kier molecular flexibility index (Phi) is 6.34. The van der Waals surface area contributed by atoms with Crippen molar-refractivity contribution in [2.24, 2.45) is 0 Å². The molecule has 0 atom stereocenters. The first-order valence-corrected chi connectivity index (χ1v) is 9.60. The van der Waals surface area contributed by atoms with Crippen molar-refractivity contribution in [1.29, 1.82) is 0 Å². The molecule has 1 N–H and O–H groups in total. The number of para-hydroxylation sites is 1. The van der Waals surface area contributed by atoms with Crippen molar-refractivity contribution < 1.29 is 9.18 Å². The van der Waals surface area contributed by atoms with Crippen molar-refractivity contribution in [1.82, 2.24) is 4.90 Å². The third kappa shape index (κ3) is 4.99. The number of amides is 1. The molecule has 4 nitrogen and oxygen atoms in total. The van der Waals surface area contributed by atoms with Gasteiger partial charge < -0.3 is 10.2 Å². The summed E-state index contributed by atoms with van der Waals surface area (Å²) in [6.45, 7) is 7.73. The molecule has 1 heterocycles. The summed E-state index contributed by atoms with van der Waals surface area (Å²) < 4.78 is 13.9. The van der Waals surface area contributed by atoms with Crippen LogP contribution in [0, 0.1) is 19.7 Å². The molecule has 2 aromatic carbocycles. The summed E-state index contributed by atoms with van der Waals surface area (Å²) in [7, 11) is 0. The van der Waals surface area contributed by atoms with Gasteiger partial charge in [-0.3, -0.25) is 9.69 Å². The molecule has 0 radical (unpaired) electrons. The highest BCUT2D eigenvalue weighted by Crippen LogP contribution is 2.27. The monoisotopic (exact) mass is 389 g/mol. The van der Waals surface area contributed by atoms with Gasteiger partial charge in [-0.25, -0.2) is 4.39 Å². The smallest absolute Gasteiger partial charge is 0.225 e. The second-order valence-corrected chi connectivity index (χ2v) is 7.42. The number of rotatable bonds is 5. The minimum atomic E-state index is -0.185. The zero-order chi connectivity index (χ0) is 19.4. The number of nitrogens with one attached hydrogen (secondary N) is 1. The quantitative estimate of drug-likeness (QED) is 0.830. The van der Waals surface area contributed by atoms with Crippen LogP contribution < -0.4 is 10.2 Å². The van der Waals surface area contributed by atoms with Crippen LogP contribution in [0.15, 0.2) is 36.4 Å². The van der Waals surface area contributed by atoms with Crippen LogP contribution >= 0.6 is 11.6 Å². The van der Waals surface area contributed by atoms with E-state index in [1.54, 1.807) is 6.07 Å². The highest BCUT2D eigenvalue weighted by Gasteiger charge is 2.20. The summed E-state index contributed by atoms with van der Waals surface area (Å²) in [5.41, 5.74) is 3.38. The van der Waals surface area contributed by atoms with E-state index in [-0.39, 0.29) is 11.7 Å². The van der Waals surface area contributed by atoms with Gasteiger partial charge in [0.15, 0.2) is 0 Å². The van der Waals surface area contributed by atoms with Crippen LogP contribution in [0.4, 0.5) is 15.8 Å². The molecule has 6 heteroatoms. The van der Waals surface area contributed by atoms with E-state index < -0.39 is 0 Å². The third-order valence-electron chi connectivity index (χ3n) is 4.92. The minimum absolute atomic E-state index is 0.0413. The first kappa shape index (κ1) is 19.6. The Bertz CT molecular complexity index is 796. The first-order valence-electron chi connectivity index (χ1n) is 9.22. The second kappa shape index (κ2) is 8.72. The maximum Gasteiger partial charge on any atom is 0.225 e. The van der Waals surface area contributed by atoms with Gasteiger partial charge in [0, 0.05) is 39.1 Å². The van der Waals surface area contributed by atoms with Crippen LogP contribution in [0.3, 0.4) is 0 Å². The zero-order valence-corrected chi connectivity index (χ0v) is 16.5. The molecule has 27 heavy (non-hydrogen) atoms. The normalized spacial score (nSPS) is 15.0. The van der Waals surface area contributed by atoms with E-state index in [1.165, 1.54) is 6.07 Å². The second-order valence-electron chi connectivity index (χ2n) is 7.02. The molecule has 0 aliphatic carbocycles. The van der Waals surface area contributed by atoms with Gasteiger partial charge in [0.2, 0.25) is 5.91 Å². The van der Waals surface area contributed by atoms with Crippen molar-refractivity contribution in [3.63, 3.8) is 0 Å². The molecule has 144 valence electrons. The number of aryl methyl sites for hydroxylation is 2. The summed E-state index contributed by atoms with van der Waals surface area (Å²) in [4.78, 5) is 16.6. The molecule has 1 aliphatic rings. The first-order chi connectivity index (χ1) is 12.9. The summed E-state index contributed by atoms with van der Waals surface area (Å²) in [5, 5.41) is 3.50. The molecule has 1 saturated heterocycles. The van der Waals surface area contributed by atoms with E-state index in [2.05, 4.69) is 15.1 Å². The van der Waals surface area contributed by atoms with E-state index in [0.29, 0.717) is 29.4 Å². The molecule has 2 aromatic rings. The van der Waals surface area contributed by atoms with Gasteiger partial charge in [0.05, 0.1) is 16.4 Å². The van der Waals surface area contributed by atoms with Gasteiger partial charge in [-0.15, -0.1) is 0 Å². The van der Waals surface area contributed by atoms with E-state index in [1.807, 2.05) is 38.1 Å². The number of piperazine rings is 1. The van der Waals surface area contributed by atoms with E-state index in [9.17, 15) is 9.18 Å². The molecule has 1 fully saturated rings. The summed E-state index contributed by atoms with van der Waals surface area (Å²) in [5.74, 6) is -0.226. The predicted molar refractivity (Wildman–Crippen MR) is 109 cm³/mol. The topological polar surface area (TPSA) is 35.6 Å². The standard InChI is InChI=1S/C21H25ClFN3O/c1-15-13-16(2)21(17(22)14-15)24-20(27)7-8-25-9-11-26(12-10-25)19-6-4-3-5-18(19)23/h3-6,13-14H,7-12H2,1-2H3,(H,24,27). The highest BCUT2D eigenvalue weighted by molar-refractivity contribution is 6.34. The van der Waals surface area contributed by atoms with Gasteiger partial charge >= 0.3 is 0 Å². The lowest BCUT2D eigenvalue weighted by molar-refractivity contribution is -0.116. The van der Waals surface area contributed by atoms with Crippen molar-refractivity contribution >= 4 is 28.9 Å². The number of benzene rings is 2. The minimum Gasteiger partial charge on any atom is -0.367 e.